The number of nitro groups is 1. The molecule has 8 nitrogen and oxygen atoms in total. The Hall–Kier alpha value is -3.29. The second kappa shape index (κ2) is 9.42. The summed E-state index contributed by atoms with van der Waals surface area (Å²) in [6.45, 7) is 4.47. The summed E-state index contributed by atoms with van der Waals surface area (Å²) in [4.78, 5) is 23.1. The number of aryl methyl sites for hydroxylation is 1. The number of hydrogen-bond acceptors (Lipinski definition) is 6. The molecule has 2 rings (SSSR count). The maximum absolute atomic E-state index is 12.4. The van der Waals surface area contributed by atoms with Crippen molar-refractivity contribution < 1.29 is 23.9 Å². The summed E-state index contributed by atoms with van der Waals surface area (Å²) in [7, 11) is 1.40. The highest BCUT2D eigenvalue weighted by atomic mass is 16.6. The Morgan fingerprint density at radius 2 is 1.85 bits per heavy atom. The van der Waals surface area contributed by atoms with Crippen molar-refractivity contribution in [1.29, 1.82) is 0 Å². The molecule has 144 valence electrons. The Kier molecular flexibility index (Phi) is 6.99. The Morgan fingerprint density at radius 1 is 1.15 bits per heavy atom. The van der Waals surface area contributed by atoms with Gasteiger partial charge in [0, 0.05) is 6.07 Å². The quantitative estimate of drug-likeness (QED) is 0.411. The van der Waals surface area contributed by atoms with Gasteiger partial charge in [0.1, 0.15) is 17.9 Å². The predicted molar refractivity (Wildman–Crippen MR) is 99.8 cm³/mol. The van der Waals surface area contributed by atoms with E-state index in [1.807, 2.05) is 31.2 Å². The first-order valence-electron chi connectivity index (χ1n) is 8.43. The van der Waals surface area contributed by atoms with Crippen LogP contribution >= 0.6 is 0 Å². The lowest BCUT2D eigenvalue weighted by Gasteiger charge is -2.12. The van der Waals surface area contributed by atoms with Crippen LogP contribution in [0.2, 0.25) is 0 Å². The lowest BCUT2D eigenvalue weighted by atomic mass is 10.1. The molecular weight excluding hydrogens is 352 g/mol. The molecule has 0 radical (unpaired) electrons. The molecule has 1 N–H and O–H groups in total. The number of nitrogens with one attached hydrogen (secondary N) is 1. The van der Waals surface area contributed by atoms with Gasteiger partial charge in [0.25, 0.3) is 11.6 Å². The fourth-order valence-electron chi connectivity index (χ4n) is 2.37. The molecule has 2 aromatic rings. The van der Waals surface area contributed by atoms with E-state index in [-0.39, 0.29) is 35.9 Å². The summed E-state index contributed by atoms with van der Waals surface area (Å²) in [5.41, 5.74) is 0.666. The van der Waals surface area contributed by atoms with Gasteiger partial charge in [-0.15, -0.1) is 0 Å². The minimum Gasteiger partial charge on any atom is -0.493 e. The highest BCUT2D eigenvalue weighted by molar-refractivity contribution is 5.99. The molecule has 0 saturated carbocycles. The Labute approximate surface area is 157 Å². The number of ether oxygens (including phenoxy) is 3. The van der Waals surface area contributed by atoms with E-state index in [1.54, 1.807) is 6.92 Å². The van der Waals surface area contributed by atoms with E-state index >= 15 is 0 Å². The first-order chi connectivity index (χ1) is 13.0. The average Bonchev–Trinajstić information content (AvgIpc) is 2.66. The number of hydrogen-bond donors (Lipinski definition) is 1. The van der Waals surface area contributed by atoms with Crippen LogP contribution in [0, 0.1) is 17.0 Å². The second-order valence-electron chi connectivity index (χ2n) is 5.63. The van der Waals surface area contributed by atoms with Crippen LogP contribution < -0.4 is 19.5 Å². The molecule has 0 fully saturated rings. The molecule has 0 aliphatic rings. The van der Waals surface area contributed by atoms with Gasteiger partial charge in [-0.3, -0.25) is 14.9 Å². The normalized spacial score (nSPS) is 10.2. The minimum atomic E-state index is -0.625. The van der Waals surface area contributed by atoms with Crippen LogP contribution in [0.3, 0.4) is 0 Å². The van der Waals surface area contributed by atoms with Gasteiger partial charge in [-0.05, 0) is 26.0 Å². The van der Waals surface area contributed by atoms with Crippen LogP contribution in [0.4, 0.5) is 5.69 Å². The van der Waals surface area contributed by atoms with E-state index < -0.39 is 10.8 Å². The molecular formula is C19H22N2O6. The van der Waals surface area contributed by atoms with E-state index in [0.29, 0.717) is 12.4 Å². The van der Waals surface area contributed by atoms with Crippen molar-refractivity contribution >= 4 is 11.6 Å². The highest BCUT2D eigenvalue weighted by Gasteiger charge is 2.24. The maximum Gasteiger partial charge on any atom is 0.286 e. The third-order valence-corrected chi connectivity index (χ3v) is 3.70. The lowest BCUT2D eigenvalue weighted by Crippen LogP contribution is -2.28. The van der Waals surface area contributed by atoms with Crippen molar-refractivity contribution in [2.24, 2.45) is 0 Å². The number of methoxy groups -OCH3 is 1. The Bertz CT molecular complexity index is 805. The number of rotatable bonds is 9. The summed E-state index contributed by atoms with van der Waals surface area (Å²) >= 11 is 0. The third kappa shape index (κ3) is 5.34. The standard InChI is InChI=1S/C19H22N2O6/c1-4-26-18-12-16(21(23)24)15(11-17(18)25-3)19(22)20-9-10-27-14-7-5-13(2)6-8-14/h5-8,11-12H,4,9-10H2,1-3H3,(H,20,22). The number of benzene rings is 2. The van der Waals surface area contributed by atoms with Gasteiger partial charge in [-0.2, -0.15) is 0 Å². The third-order valence-electron chi connectivity index (χ3n) is 3.70. The molecule has 0 saturated heterocycles. The molecule has 27 heavy (non-hydrogen) atoms. The van der Waals surface area contributed by atoms with Crippen molar-refractivity contribution in [2.45, 2.75) is 13.8 Å². The summed E-state index contributed by atoms with van der Waals surface area (Å²) in [6, 6.07) is 10.0. The average molecular weight is 374 g/mol. The summed E-state index contributed by atoms with van der Waals surface area (Å²) in [5, 5.41) is 13.9. The van der Waals surface area contributed by atoms with Crippen molar-refractivity contribution in [2.75, 3.05) is 26.9 Å². The van der Waals surface area contributed by atoms with Gasteiger partial charge in [0.2, 0.25) is 0 Å². The summed E-state index contributed by atoms with van der Waals surface area (Å²) in [5.74, 6) is 0.564. The van der Waals surface area contributed by atoms with Gasteiger partial charge < -0.3 is 19.5 Å². The van der Waals surface area contributed by atoms with E-state index in [9.17, 15) is 14.9 Å². The highest BCUT2D eigenvalue weighted by Crippen LogP contribution is 2.34. The fourth-order valence-corrected chi connectivity index (χ4v) is 2.37. The van der Waals surface area contributed by atoms with Crippen LogP contribution in [0.25, 0.3) is 0 Å². The molecule has 8 heteroatoms. The summed E-state index contributed by atoms with van der Waals surface area (Å²) < 4.78 is 16.0. The number of carbonyl (C=O) groups excluding carboxylic acids is 1. The molecule has 0 unspecified atom stereocenters. The van der Waals surface area contributed by atoms with Crippen molar-refractivity contribution in [3.05, 3.63) is 57.6 Å². The number of nitro benzene ring substituents is 1. The zero-order chi connectivity index (χ0) is 19.8. The van der Waals surface area contributed by atoms with Crippen molar-refractivity contribution in [1.82, 2.24) is 5.32 Å². The van der Waals surface area contributed by atoms with Crippen LogP contribution in [0.15, 0.2) is 36.4 Å². The Morgan fingerprint density at radius 3 is 2.44 bits per heavy atom. The molecule has 0 aromatic heterocycles. The largest absolute Gasteiger partial charge is 0.493 e. The van der Waals surface area contributed by atoms with Gasteiger partial charge in [-0.25, -0.2) is 0 Å². The predicted octanol–water partition coefficient (Wildman–Crippen LogP) is 3.12. The molecule has 0 aliphatic heterocycles. The van der Waals surface area contributed by atoms with Crippen LogP contribution in [-0.4, -0.2) is 37.7 Å². The molecule has 0 bridgehead atoms. The van der Waals surface area contributed by atoms with Gasteiger partial charge in [0.05, 0.1) is 31.3 Å². The molecule has 2 aromatic carbocycles. The number of amides is 1. The number of carbonyl (C=O) groups is 1. The monoisotopic (exact) mass is 374 g/mol. The van der Waals surface area contributed by atoms with Gasteiger partial charge in [-0.1, -0.05) is 17.7 Å². The lowest BCUT2D eigenvalue weighted by molar-refractivity contribution is -0.385. The first-order valence-corrected chi connectivity index (χ1v) is 8.43. The molecule has 1 amide bonds. The number of nitrogens with zero attached hydrogens (tertiary/aromatic N) is 1. The fraction of sp³-hybridized carbons (Fsp3) is 0.316. The van der Waals surface area contributed by atoms with Crippen LogP contribution in [-0.2, 0) is 0 Å². The van der Waals surface area contributed by atoms with E-state index in [4.69, 9.17) is 14.2 Å². The smallest absolute Gasteiger partial charge is 0.286 e. The van der Waals surface area contributed by atoms with Crippen LogP contribution in [0.1, 0.15) is 22.8 Å². The van der Waals surface area contributed by atoms with E-state index in [2.05, 4.69) is 5.32 Å². The SMILES string of the molecule is CCOc1cc([N+](=O)[O-])c(C(=O)NCCOc2ccc(C)cc2)cc1OC. The maximum atomic E-state index is 12.4. The summed E-state index contributed by atoms with van der Waals surface area (Å²) in [6.07, 6.45) is 0. The zero-order valence-electron chi connectivity index (χ0n) is 15.5. The molecule has 0 spiro atoms. The topological polar surface area (TPSA) is 99.9 Å². The second-order valence-corrected chi connectivity index (χ2v) is 5.63. The van der Waals surface area contributed by atoms with E-state index in [1.165, 1.54) is 19.2 Å². The Balaban J connectivity index is 2.05. The van der Waals surface area contributed by atoms with Gasteiger partial charge in [0.15, 0.2) is 11.5 Å². The van der Waals surface area contributed by atoms with Crippen molar-refractivity contribution in [3.8, 4) is 17.2 Å². The van der Waals surface area contributed by atoms with Crippen LogP contribution in [0.5, 0.6) is 17.2 Å². The molecule has 0 heterocycles. The molecule has 0 aliphatic carbocycles. The van der Waals surface area contributed by atoms with E-state index in [0.717, 1.165) is 5.56 Å². The minimum absolute atomic E-state index is 0.101. The van der Waals surface area contributed by atoms with Crippen molar-refractivity contribution in [3.63, 3.8) is 0 Å². The first kappa shape index (κ1) is 20.0. The van der Waals surface area contributed by atoms with Gasteiger partial charge >= 0.3 is 0 Å². The zero-order valence-corrected chi connectivity index (χ0v) is 15.5. The molecule has 0 atom stereocenters.